The molecule has 6 nitrogen and oxygen atoms in total. The average Bonchev–Trinajstić information content (AvgIpc) is 2.87. The fourth-order valence-electron chi connectivity index (χ4n) is 2.13. The molecule has 0 unspecified atom stereocenters. The smallest absolute Gasteiger partial charge is 0.325 e. The first-order chi connectivity index (χ1) is 10.0. The van der Waals surface area contributed by atoms with Gasteiger partial charge in [-0.15, -0.1) is 0 Å². The number of anilines is 1. The number of nitrogens with zero attached hydrogens (tertiary/aromatic N) is 1. The minimum atomic E-state index is -0.516. The summed E-state index contributed by atoms with van der Waals surface area (Å²) in [5.41, 5.74) is 0.756. The van der Waals surface area contributed by atoms with E-state index in [9.17, 15) is 14.4 Å². The van der Waals surface area contributed by atoms with E-state index in [1.54, 1.807) is 4.90 Å². The molecule has 0 saturated carbocycles. The molecular weight excluding hydrogens is 340 g/mol. The number of nitrogens with one attached hydrogen (secondary N) is 1. The molecule has 1 aromatic carbocycles. The van der Waals surface area contributed by atoms with Gasteiger partial charge < -0.3 is 15.0 Å². The summed E-state index contributed by atoms with van der Waals surface area (Å²) in [5, 5.41) is 2.48. The molecule has 1 atom stereocenters. The molecule has 0 bridgehead atoms. The fourth-order valence-corrected chi connectivity index (χ4v) is 2.39. The van der Waals surface area contributed by atoms with Gasteiger partial charge in [-0.25, -0.2) is 0 Å². The quantitative estimate of drug-likeness (QED) is 0.821. The highest BCUT2D eigenvalue weighted by molar-refractivity contribution is 9.10. The monoisotopic (exact) mass is 354 g/mol. The molecule has 0 spiro atoms. The summed E-state index contributed by atoms with van der Waals surface area (Å²) in [6.45, 7) is 0.131. The van der Waals surface area contributed by atoms with Gasteiger partial charge in [0.15, 0.2) is 0 Å². The van der Waals surface area contributed by atoms with Crippen molar-refractivity contribution >= 4 is 39.4 Å². The average molecular weight is 355 g/mol. The maximum Gasteiger partial charge on any atom is 0.325 e. The highest BCUT2D eigenvalue weighted by Gasteiger charge is 2.35. The van der Waals surface area contributed by atoms with Crippen LogP contribution in [0.5, 0.6) is 0 Å². The molecule has 0 aliphatic carbocycles. The Morgan fingerprint density at radius 2 is 2.05 bits per heavy atom. The number of carbonyl (C=O) groups excluding carboxylic acids is 3. The molecule has 1 aliphatic rings. The van der Waals surface area contributed by atoms with Crippen LogP contribution in [0.25, 0.3) is 0 Å². The van der Waals surface area contributed by atoms with E-state index < -0.39 is 11.9 Å². The van der Waals surface area contributed by atoms with Gasteiger partial charge in [0.2, 0.25) is 11.8 Å². The van der Waals surface area contributed by atoms with E-state index >= 15 is 0 Å². The third-order valence-electron chi connectivity index (χ3n) is 3.27. The van der Waals surface area contributed by atoms with Crippen LogP contribution in [0.3, 0.4) is 0 Å². The second kappa shape index (κ2) is 6.71. The molecule has 1 heterocycles. The number of halogens is 1. The van der Waals surface area contributed by atoms with Crippen molar-refractivity contribution in [3.63, 3.8) is 0 Å². The van der Waals surface area contributed by atoms with Crippen molar-refractivity contribution in [3.05, 3.63) is 28.7 Å². The third-order valence-corrected chi connectivity index (χ3v) is 3.80. The molecular formula is C14H15BrN2O4. The Kier molecular flexibility index (Phi) is 4.95. The largest absolute Gasteiger partial charge is 0.468 e. The van der Waals surface area contributed by atoms with Crippen LogP contribution in [0.15, 0.2) is 28.7 Å². The molecule has 1 fully saturated rings. The Labute approximate surface area is 130 Å². The van der Waals surface area contributed by atoms with Gasteiger partial charge in [-0.1, -0.05) is 15.9 Å². The summed E-state index contributed by atoms with van der Waals surface area (Å²) in [5.74, 6) is -1.38. The molecule has 1 aliphatic heterocycles. The molecule has 7 heteroatoms. The predicted molar refractivity (Wildman–Crippen MR) is 79.6 cm³/mol. The number of hydrogen-bond acceptors (Lipinski definition) is 4. The lowest BCUT2D eigenvalue weighted by molar-refractivity contribution is -0.141. The molecule has 1 saturated heterocycles. The van der Waals surface area contributed by atoms with Crippen molar-refractivity contribution in [2.45, 2.75) is 6.42 Å². The minimum absolute atomic E-state index is 0.101. The van der Waals surface area contributed by atoms with Crippen LogP contribution in [-0.4, -0.2) is 38.0 Å². The lowest BCUT2D eigenvalue weighted by Crippen LogP contribution is -2.36. The second-order valence-corrected chi connectivity index (χ2v) is 5.59. The molecule has 21 heavy (non-hydrogen) atoms. The number of esters is 1. The third kappa shape index (κ3) is 3.81. The maximum absolute atomic E-state index is 12.0. The van der Waals surface area contributed by atoms with Gasteiger partial charge in [0.05, 0.1) is 13.0 Å². The van der Waals surface area contributed by atoms with Crippen LogP contribution in [-0.2, 0) is 19.1 Å². The molecule has 1 N–H and O–H groups in total. The van der Waals surface area contributed by atoms with Crippen molar-refractivity contribution in [1.29, 1.82) is 0 Å². The van der Waals surface area contributed by atoms with Crippen LogP contribution in [0.4, 0.5) is 5.69 Å². The first-order valence-corrected chi connectivity index (χ1v) is 7.21. The lowest BCUT2D eigenvalue weighted by atomic mass is 10.1. The van der Waals surface area contributed by atoms with Gasteiger partial charge in [-0.3, -0.25) is 14.4 Å². The van der Waals surface area contributed by atoms with Crippen LogP contribution >= 0.6 is 15.9 Å². The van der Waals surface area contributed by atoms with Crippen LogP contribution < -0.4 is 10.2 Å². The summed E-state index contributed by atoms with van der Waals surface area (Å²) in [4.78, 5) is 36.5. The van der Waals surface area contributed by atoms with Crippen molar-refractivity contribution < 1.29 is 19.1 Å². The van der Waals surface area contributed by atoms with Gasteiger partial charge in [0.25, 0.3) is 0 Å². The topological polar surface area (TPSA) is 75.7 Å². The Morgan fingerprint density at radius 3 is 2.67 bits per heavy atom. The predicted octanol–water partition coefficient (Wildman–Crippen LogP) is 1.09. The van der Waals surface area contributed by atoms with E-state index in [0.29, 0.717) is 6.54 Å². The van der Waals surface area contributed by atoms with Crippen LogP contribution in [0.1, 0.15) is 6.42 Å². The summed E-state index contributed by atoms with van der Waals surface area (Å²) in [6, 6.07) is 7.31. The second-order valence-electron chi connectivity index (χ2n) is 4.68. The van der Waals surface area contributed by atoms with Crippen molar-refractivity contribution in [3.8, 4) is 0 Å². The summed E-state index contributed by atoms with van der Waals surface area (Å²) in [7, 11) is 1.25. The number of benzene rings is 1. The number of rotatable bonds is 4. The van der Waals surface area contributed by atoms with Crippen molar-refractivity contribution in [2.24, 2.45) is 5.92 Å². The SMILES string of the molecule is COC(=O)CNC(=O)[C@@H]1CC(=O)N(c2ccc(Br)cc2)C1. The van der Waals surface area contributed by atoms with E-state index in [0.717, 1.165) is 10.2 Å². The van der Waals surface area contributed by atoms with Gasteiger partial charge in [-0.2, -0.15) is 0 Å². The first-order valence-electron chi connectivity index (χ1n) is 6.41. The summed E-state index contributed by atoms with van der Waals surface area (Å²) in [6.07, 6.45) is 0.142. The Bertz CT molecular complexity index is 559. The Balaban J connectivity index is 1.97. The van der Waals surface area contributed by atoms with Gasteiger partial charge in [0.1, 0.15) is 6.54 Å². The van der Waals surface area contributed by atoms with E-state index in [1.165, 1.54) is 7.11 Å². The van der Waals surface area contributed by atoms with Crippen LogP contribution in [0, 0.1) is 5.92 Å². The minimum Gasteiger partial charge on any atom is -0.468 e. The normalized spacial score (nSPS) is 17.7. The zero-order valence-electron chi connectivity index (χ0n) is 11.5. The van der Waals surface area contributed by atoms with E-state index in [-0.39, 0.29) is 24.8 Å². The van der Waals surface area contributed by atoms with Gasteiger partial charge in [0, 0.05) is 23.1 Å². The van der Waals surface area contributed by atoms with Gasteiger partial charge >= 0.3 is 5.97 Å². The number of amides is 2. The number of hydrogen-bond donors (Lipinski definition) is 1. The highest BCUT2D eigenvalue weighted by Crippen LogP contribution is 2.26. The van der Waals surface area contributed by atoms with Crippen molar-refractivity contribution in [2.75, 3.05) is 25.1 Å². The van der Waals surface area contributed by atoms with Crippen LogP contribution in [0.2, 0.25) is 0 Å². The molecule has 0 radical (unpaired) electrons. The molecule has 112 valence electrons. The van der Waals surface area contributed by atoms with E-state index in [2.05, 4.69) is 26.0 Å². The lowest BCUT2D eigenvalue weighted by Gasteiger charge is -2.16. The maximum atomic E-state index is 12.0. The highest BCUT2D eigenvalue weighted by atomic mass is 79.9. The number of ether oxygens (including phenoxy) is 1. The fraction of sp³-hybridized carbons (Fsp3) is 0.357. The Hall–Kier alpha value is -1.89. The Morgan fingerprint density at radius 1 is 1.38 bits per heavy atom. The summed E-state index contributed by atoms with van der Waals surface area (Å²) < 4.78 is 5.37. The molecule has 1 aromatic rings. The molecule has 0 aromatic heterocycles. The van der Waals surface area contributed by atoms with E-state index in [1.807, 2.05) is 24.3 Å². The zero-order chi connectivity index (χ0) is 15.4. The number of methoxy groups -OCH3 is 1. The van der Waals surface area contributed by atoms with E-state index in [4.69, 9.17) is 0 Å². The van der Waals surface area contributed by atoms with Gasteiger partial charge in [-0.05, 0) is 24.3 Å². The molecule has 2 amide bonds. The van der Waals surface area contributed by atoms with Crippen molar-refractivity contribution in [1.82, 2.24) is 5.32 Å². The summed E-state index contributed by atoms with van der Waals surface area (Å²) >= 11 is 3.33. The standard InChI is InChI=1S/C14H15BrN2O4/c1-21-13(19)7-16-14(20)9-6-12(18)17(8-9)11-4-2-10(15)3-5-11/h2-5,9H,6-8H2,1H3,(H,16,20)/t9-/m1/s1. The molecule has 2 rings (SSSR count). The zero-order valence-corrected chi connectivity index (χ0v) is 13.1. The first kappa shape index (κ1) is 15.5. The number of carbonyl (C=O) groups is 3.